The Kier molecular flexibility index (Phi) is 2.73. The normalized spacial score (nSPS) is 18.9. The van der Waals surface area contributed by atoms with Crippen LogP contribution < -0.4 is 4.90 Å². The second kappa shape index (κ2) is 4.38. The summed E-state index contributed by atoms with van der Waals surface area (Å²) in [5, 5.41) is 0. The summed E-state index contributed by atoms with van der Waals surface area (Å²) in [6, 6.07) is 12.3. The van der Waals surface area contributed by atoms with Gasteiger partial charge in [-0.05, 0) is 35.7 Å². The molecule has 2 heterocycles. The zero-order valence-electron chi connectivity index (χ0n) is 9.38. The van der Waals surface area contributed by atoms with Gasteiger partial charge in [-0.2, -0.15) is 0 Å². The van der Waals surface area contributed by atoms with Crippen LogP contribution in [0, 0.1) is 0 Å². The molecule has 0 radical (unpaired) electrons. The van der Waals surface area contributed by atoms with E-state index in [0.29, 0.717) is 0 Å². The van der Waals surface area contributed by atoms with E-state index in [2.05, 4.69) is 22.0 Å². The van der Waals surface area contributed by atoms with Gasteiger partial charge in [0.15, 0.2) is 0 Å². The van der Waals surface area contributed by atoms with E-state index in [4.69, 9.17) is 11.6 Å². The fourth-order valence-corrected chi connectivity index (χ4v) is 2.70. The summed E-state index contributed by atoms with van der Waals surface area (Å²) < 4.78 is 0. The lowest BCUT2D eigenvalue weighted by Gasteiger charge is -2.35. The molecule has 1 aliphatic heterocycles. The van der Waals surface area contributed by atoms with Gasteiger partial charge < -0.3 is 4.90 Å². The van der Waals surface area contributed by atoms with E-state index in [1.54, 1.807) is 0 Å². The summed E-state index contributed by atoms with van der Waals surface area (Å²) in [6.45, 7) is 0.941. The monoisotopic (exact) mass is 244 g/mol. The van der Waals surface area contributed by atoms with Crippen molar-refractivity contribution in [3.63, 3.8) is 0 Å². The number of hydrogen-bond acceptors (Lipinski definition) is 2. The van der Waals surface area contributed by atoms with Crippen LogP contribution in [0.3, 0.4) is 0 Å². The maximum Gasteiger partial charge on any atom is 0.130 e. The summed E-state index contributed by atoms with van der Waals surface area (Å²) in [7, 11) is 0. The second-order valence-corrected chi connectivity index (χ2v) is 4.60. The highest BCUT2D eigenvalue weighted by Crippen LogP contribution is 2.35. The number of nitrogens with zero attached hydrogens (tertiary/aromatic N) is 2. The van der Waals surface area contributed by atoms with Gasteiger partial charge in [-0.3, -0.25) is 4.98 Å². The molecule has 0 aliphatic carbocycles. The van der Waals surface area contributed by atoms with Crippen LogP contribution in [0.2, 0.25) is 0 Å². The van der Waals surface area contributed by atoms with Gasteiger partial charge in [0.2, 0.25) is 0 Å². The van der Waals surface area contributed by atoms with Gasteiger partial charge >= 0.3 is 0 Å². The summed E-state index contributed by atoms with van der Waals surface area (Å²) >= 11 is 6.55. The first kappa shape index (κ1) is 10.6. The Bertz CT molecular complexity index is 513. The molecule has 3 rings (SSSR count). The van der Waals surface area contributed by atoms with Crippen LogP contribution in [0.1, 0.15) is 16.6 Å². The van der Waals surface area contributed by atoms with Crippen molar-refractivity contribution in [2.75, 3.05) is 11.4 Å². The van der Waals surface area contributed by atoms with E-state index in [9.17, 15) is 0 Å². The third-order valence-electron chi connectivity index (χ3n) is 3.18. The molecule has 0 fully saturated rings. The van der Waals surface area contributed by atoms with Crippen molar-refractivity contribution < 1.29 is 0 Å². The predicted octanol–water partition coefficient (Wildman–Crippen LogP) is 3.38. The third kappa shape index (κ3) is 1.89. The highest BCUT2D eigenvalue weighted by atomic mass is 35.5. The predicted molar refractivity (Wildman–Crippen MR) is 70.3 cm³/mol. The number of anilines is 1. The maximum atomic E-state index is 6.55. The van der Waals surface area contributed by atoms with Crippen molar-refractivity contribution in [3.05, 3.63) is 59.9 Å². The van der Waals surface area contributed by atoms with Gasteiger partial charge in [0, 0.05) is 24.6 Å². The highest BCUT2D eigenvalue weighted by molar-refractivity contribution is 6.22. The van der Waals surface area contributed by atoms with Crippen molar-refractivity contribution in [2.45, 2.75) is 11.9 Å². The Hall–Kier alpha value is -1.54. The minimum absolute atomic E-state index is 0.0934. The molecule has 2 aromatic rings. The molecule has 0 bridgehead atoms. The van der Waals surface area contributed by atoms with Crippen molar-refractivity contribution in [1.29, 1.82) is 0 Å². The number of fused-ring (bicyclic) bond motifs is 1. The van der Waals surface area contributed by atoms with Crippen LogP contribution in [0.25, 0.3) is 0 Å². The standard InChI is InChI=1S/C14H13ClN2/c15-14-13-6-8-16-10-11(13)7-9-17(14)12-4-2-1-3-5-12/h1-6,8,10,14H,7,9H2. The van der Waals surface area contributed by atoms with E-state index in [-0.39, 0.29) is 5.50 Å². The Morgan fingerprint density at radius 3 is 2.82 bits per heavy atom. The van der Waals surface area contributed by atoms with Gasteiger partial charge in [-0.15, -0.1) is 0 Å². The molecule has 3 heteroatoms. The van der Waals surface area contributed by atoms with E-state index in [1.165, 1.54) is 16.8 Å². The first-order valence-electron chi connectivity index (χ1n) is 5.75. The molecule has 1 aromatic carbocycles. The zero-order valence-corrected chi connectivity index (χ0v) is 10.1. The smallest absolute Gasteiger partial charge is 0.130 e. The number of pyridine rings is 1. The summed E-state index contributed by atoms with van der Waals surface area (Å²) in [5.74, 6) is 0. The first-order chi connectivity index (χ1) is 8.36. The lowest BCUT2D eigenvalue weighted by molar-refractivity contribution is 0.708. The molecule has 0 N–H and O–H groups in total. The number of halogens is 1. The number of benzene rings is 1. The molecule has 0 saturated carbocycles. The molecule has 2 nitrogen and oxygen atoms in total. The summed E-state index contributed by atoms with van der Waals surface area (Å²) in [4.78, 5) is 6.38. The van der Waals surface area contributed by atoms with Crippen LogP contribution in [0.5, 0.6) is 0 Å². The van der Waals surface area contributed by atoms with E-state index in [0.717, 1.165) is 13.0 Å². The molecule has 1 unspecified atom stereocenters. The molecule has 0 amide bonds. The number of alkyl halides is 1. The molecular weight excluding hydrogens is 232 g/mol. The second-order valence-electron chi connectivity index (χ2n) is 4.19. The maximum absolute atomic E-state index is 6.55. The van der Waals surface area contributed by atoms with Crippen molar-refractivity contribution in [3.8, 4) is 0 Å². The Morgan fingerprint density at radius 1 is 1.18 bits per heavy atom. The van der Waals surface area contributed by atoms with E-state index >= 15 is 0 Å². The third-order valence-corrected chi connectivity index (χ3v) is 3.65. The number of aromatic nitrogens is 1. The minimum Gasteiger partial charge on any atom is -0.351 e. The molecule has 17 heavy (non-hydrogen) atoms. The van der Waals surface area contributed by atoms with E-state index < -0.39 is 0 Å². The summed E-state index contributed by atoms with van der Waals surface area (Å²) in [6.07, 6.45) is 4.73. The SMILES string of the molecule is ClC1c2ccncc2CCN1c1ccccc1. The zero-order chi connectivity index (χ0) is 11.7. The Balaban J connectivity index is 1.97. The van der Waals surface area contributed by atoms with Crippen LogP contribution >= 0.6 is 11.6 Å². The van der Waals surface area contributed by atoms with Gasteiger partial charge in [0.25, 0.3) is 0 Å². The van der Waals surface area contributed by atoms with Crippen molar-refractivity contribution >= 4 is 17.3 Å². The van der Waals surface area contributed by atoms with Crippen LogP contribution in [0.15, 0.2) is 48.8 Å². The quantitative estimate of drug-likeness (QED) is 0.565. The van der Waals surface area contributed by atoms with Crippen LogP contribution in [-0.4, -0.2) is 11.5 Å². The lowest BCUT2D eigenvalue weighted by atomic mass is 10.0. The van der Waals surface area contributed by atoms with E-state index in [1.807, 2.05) is 36.7 Å². The van der Waals surface area contributed by atoms with Gasteiger partial charge in [-0.25, -0.2) is 0 Å². The number of para-hydroxylation sites is 1. The van der Waals surface area contributed by atoms with Crippen molar-refractivity contribution in [1.82, 2.24) is 4.98 Å². The molecule has 0 spiro atoms. The average Bonchev–Trinajstić information content (AvgIpc) is 2.40. The van der Waals surface area contributed by atoms with Crippen LogP contribution in [0.4, 0.5) is 5.69 Å². The van der Waals surface area contributed by atoms with Crippen molar-refractivity contribution in [2.24, 2.45) is 0 Å². The average molecular weight is 245 g/mol. The minimum atomic E-state index is -0.0934. The first-order valence-corrected chi connectivity index (χ1v) is 6.18. The molecule has 1 aliphatic rings. The van der Waals surface area contributed by atoms with Crippen LogP contribution in [-0.2, 0) is 6.42 Å². The Morgan fingerprint density at radius 2 is 2.00 bits per heavy atom. The fourth-order valence-electron chi connectivity index (χ4n) is 2.28. The van der Waals surface area contributed by atoms with Gasteiger partial charge in [-0.1, -0.05) is 29.8 Å². The highest BCUT2D eigenvalue weighted by Gasteiger charge is 2.25. The lowest BCUT2D eigenvalue weighted by Crippen LogP contribution is -2.32. The molecular formula is C14H13ClN2. The molecule has 1 atom stereocenters. The number of rotatable bonds is 1. The topological polar surface area (TPSA) is 16.1 Å². The molecule has 1 aromatic heterocycles. The Labute approximate surface area is 106 Å². The number of hydrogen-bond donors (Lipinski definition) is 0. The largest absolute Gasteiger partial charge is 0.351 e. The molecule has 86 valence electrons. The molecule has 0 saturated heterocycles. The van der Waals surface area contributed by atoms with Gasteiger partial charge in [0.1, 0.15) is 5.50 Å². The van der Waals surface area contributed by atoms with Gasteiger partial charge in [0.05, 0.1) is 0 Å². The fraction of sp³-hybridized carbons (Fsp3) is 0.214. The summed E-state index contributed by atoms with van der Waals surface area (Å²) in [5.41, 5.74) is 3.52.